The van der Waals surface area contributed by atoms with Crippen LogP contribution in [0.1, 0.15) is 35.8 Å². The molecule has 2 aromatic heterocycles. The van der Waals surface area contributed by atoms with Crippen molar-refractivity contribution in [2.75, 3.05) is 36.0 Å². The van der Waals surface area contributed by atoms with Crippen molar-refractivity contribution in [3.63, 3.8) is 0 Å². The summed E-state index contributed by atoms with van der Waals surface area (Å²) < 4.78 is 0. The van der Waals surface area contributed by atoms with Crippen LogP contribution in [0.25, 0.3) is 12.2 Å². The zero-order chi connectivity index (χ0) is 21.9. The van der Waals surface area contributed by atoms with Gasteiger partial charge in [-0.2, -0.15) is 5.10 Å². The molecule has 0 aromatic carbocycles. The summed E-state index contributed by atoms with van der Waals surface area (Å²) in [5, 5.41) is 12.0. The van der Waals surface area contributed by atoms with Gasteiger partial charge in [0, 0.05) is 48.4 Å². The molecule has 2 unspecified atom stereocenters. The third-order valence-electron chi connectivity index (χ3n) is 6.59. The number of carbonyl (C=O) groups excluding carboxylic acids is 1. The number of aromatic nitrogens is 3. The average Bonchev–Trinajstić information content (AvgIpc) is 2.85. The first-order valence-electron chi connectivity index (χ1n) is 11.5. The summed E-state index contributed by atoms with van der Waals surface area (Å²) in [5.74, 6) is 2.94. The zero-order valence-corrected chi connectivity index (χ0v) is 18.5. The number of hydrogen-bond donors (Lipinski definition) is 0. The van der Waals surface area contributed by atoms with Crippen LogP contribution in [-0.2, 0) is 6.42 Å². The van der Waals surface area contributed by atoms with E-state index in [1.165, 1.54) is 10.4 Å². The third kappa shape index (κ3) is 4.22. The smallest absolute Gasteiger partial charge is 0.158 e. The van der Waals surface area contributed by atoms with E-state index in [1.807, 2.05) is 12.1 Å². The molecule has 164 valence electrons. The maximum atomic E-state index is 10.9. The van der Waals surface area contributed by atoms with Crippen LogP contribution in [0, 0.1) is 11.8 Å². The maximum absolute atomic E-state index is 10.9. The van der Waals surface area contributed by atoms with Crippen LogP contribution >= 0.6 is 0 Å². The van der Waals surface area contributed by atoms with E-state index < -0.39 is 0 Å². The Morgan fingerprint density at radius 2 is 1.88 bits per heavy atom. The highest BCUT2D eigenvalue weighted by atomic mass is 16.1. The molecular formula is C26H29N5O. The topological polar surface area (TPSA) is 62.2 Å². The number of fused-ring (bicyclic) bond motifs is 1. The molecule has 6 heteroatoms. The number of carbonyl (C=O) groups is 1. The average molecular weight is 428 g/mol. The van der Waals surface area contributed by atoms with Crippen molar-refractivity contribution >= 4 is 30.1 Å². The van der Waals surface area contributed by atoms with Crippen molar-refractivity contribution in [2.24, 2.45) is 11.8 Å². The quantitative estimate of drug-likeness (QED) is 0.683. The fourth-order valence-electron chi connectivity index (χ4n) is 4.76. The first-order chi connectivity index (χ1) is 15.7. The number of allylic oxidation sites excluding steroid dienone is 4. The van der Waals surface area contributed by atoms with Gasteiger partial charge in [0.25, 0.3) is 0 Å². The van der Waals surface area contributed by atoms with Crippen molar-refractivity contribution < 1.29 is 4.79 Å². The summed E-state index contributed by atoms with van der Waals surface area (Å²) in [6.45, 7) is 5.74. The van der Waals surface area contributed by atoms with Gasteiger partial charge in [-0.05, 0) is 43.2 Å². The molecule has 2 aromatic rings. The summed E-state index contributed by atoms with van der Waals surface area (Å²) in [4.78, 5) is 20.0. The largest absolute Gasteiger partial charge is 0.353 e. The van der Waals surface area contributed by atoms with E-state index in [9.17, 15) is 4.79 Å². The van der Waals surface area contributed by atoms with Crippen LogP contribution in [0.5, 0.6) is 0 Å². The van der Waals surface area contributed by atoms with Crippen molar-refractivity contribution in [1.29, 1.82) is 0 Å². The molecule has 2 atom stereocenters. The van der Waals surface area contributed by atoms with Crippen LogP contribution in [0.15, 0.2) is 42.6 Å². The van der Waals surface area contributed by atoms with Crippen LogP contribution in [-0.4, -0.2) is 47.6 Å². The Morgan fingerprint density at radius 1 is 1.03 bits per heavy atom. The molecule has 32 heavy (non-hydrogen) atoms. The SMILES string of the molecule is CC1C=c2c(N3CCN(c4ccc(C=O)cn4)CC3)nnc(CC3C=CC=CC3)c2=CC1. The normalized spacial score (nSPS) is 22.2. The minimum Gasteiger partial charge on any atom is -0.353 e. The van der Waals surface area contributed by atoms with E-state index in [-0.39, 0.29) is 0 Å². The summed E-state index contributed by atoms with van der Waals surface area (Å²) in [6, 6.07) is 3.75. The second kappa shape index (κ2) is 9.07. The highest BCUT2D eigenvalue weighted by Crippen LogP contribution is 2.18. The van der Waals surface area contributed by atoms with Crippen molar-refractivity contribution in [1.82, 2.24) is 15.2 Å². The van der Waals surface area contributed by atoms with E-state index in [2.05, 4.69) is 58.2 Å². The Balaban J connectivity index is 1.37. The van der Waals surface area contributed by atoms with Gasteiger partial charge in [0.05, 0.1) is 5.69 Å². The minimum absolute atomic E-state index is 0.499. The Labute approximate surface area is 188 Å². The highest BCUT2D eigenvalue weighted by Gasteiger charge is 2.22. The summed E-state index contributed by atoms with van der Waals surface area (Å²) in [5.41, 5.74) is 1.73. The zero-order valence-electron chi connectivity index (χ0n) is 18.5. The van der Waals surface area contributed by atoms with E-state index in [0.717, 1.165) is 69.1 Å². The number of hydrogen-bond acceptors (Lipinski definition) is 6. The van der Waals surface area contributed by atoms with Gasteiger partial charge in [0.1, 0.15) is 5.82 Å². The summed E-state index contributed by atoms with van der Waals surface area (Å²) in [7, 11) is 0. The Kier molecular flexibility index (Phi) is 5.84. The van der Waals surface area contributed by atoms with Crippen molar-refractivity contribution in [3.8, 4) is 0 Å². The predicted octanol–water partition coefficient (Wildman–Crippen LogP) is 2.29. The molecule has 0 bridgehead atoms. The van der Waals surface area contributed by atoms with E-state index in [1.54, 1.807) is 6.20 Å². The standard InChI is InChI=1S/C26H29N5O/c1-19-7-9-22-23(15-19)26(29-28-24(22)16-20-5-3-2-4-6-20)31-13-11-30(12-14-31)25-10-8-21(18-32)17-27-25/h2-5,8-10,15,17-20H,6-7,11-14,16H2,1H3. The van der Waals surface area contributed by atoms with Gasteiger partial charge in [-0.25, -0.2) is 4.98 Å². The molecule has 0 spiro atoms. The third-order valence-corrected chi connectivity index (χ3v) is 6.59. The predicted molar refractivity (Wildman–Crippen MR) is 128 cm³/mol. The van der Waals surface area contributed by atoms with Crippen molar-refractivity contribution in [2.45, 2.75) is 26.2 Å². The highest BCUT2D eigenvalue weighted by molar-refractivity contribution is 5.74. The van der Waals surface area contributed by atoms with Crippen LogP contribution in [0.2, 0.25) is 0 Å². The summed E-state index contributed by atoms with van der Waals surface area (Å²) >= 11 is 0. The van der Waals surface area contributed by atoms with Gasteiger partial charge in [-0.3, -0.25) is 4.79 Å². The molecule has 0 N–H and O–H groups in total. The van der Waals surface area contributed by atoms with Crippen molar-refractivity contribution in [3.05, 3.63) is 64.3 Å². The fourth-order valence-corrected chi connectivity index (χ4v) is 4.76. The molecule has 1 aliphatic heterocycles. The number of rotatable bonds is 5. The molecule has 1 saturated heterocycles. The van der Waals surface area contributed by atoms with Crippen LogP contribution in [0.4, 0.5) is 11.6 Å². The van der Waals surface area contributed by atoms with Crippen LogP contribution < -0.4 is 20.2 Å². The first-order valence-corrected chi connectivity index (χ1v) is 11.5. The molecular weight excluding hydrogens is 398 g/mol. The Morgan fingerprint density at radius 3 is 2.59 bits per heavy atom. The minimum atomic E-state index is 0.499. The van der Waals surface area contributed by atoms with Gasteiger partial charge in [0.2, 0.25) is 0 Å². The molecule has 0 radical (unpaired) electrons. The molecule has 2 aliphatic carbocycles. The lowest BCUT2D eigenvalue weighted by Gasteiger charge is -2.36. The van der Waals surface area contributed by atoms with Gasteiger partial charge in [0.15, 0.2) is 12.1 Å². The van der Waals surface area contributed by atoms with E-state index in [0.29, 0.717) is 17.4 Å². The van der Waals surface area contributed by atoms with Gasteiger partial charge in [-0.1, -0.05) is 43.4 Å². The maximum Gasteiger partial charge on any atom is 0.158 e. The molecule has 3 heterocycles. The lowest BCUT2D eigenvalue weighted by molar-refractivity contribution is 0.112. The van der Waals surface area contributed by atoms with Gasteiger partial charge >= 0.3 is 0 Å². The van der Waals surface area contributed by atoms with E-state index >= 15 is 0 Å². The van der Waals surface area contributed by atoms with Gasteiger partial charge in [-0.15, -0.1) is 5.10 Å². The number of pyridine rings is 1. The summed E-state index contributed by atoms with van der Waals surface area (Å²) in [6.07, 6.45) is 19.1. The molecule has 6 nitrogen and oxygen atoms in total. The number of anilines is 2. The van der Waals surface area contributed by atoms with Crippen LogP contribution in [0.3, 0.4) is 0 Å². The molecule has 0 saturated carbocycles. The molecule has 1 fully saturated rings. The second-order valence-corrected chi connectivity index (χ2v) is 8.94. The number of aldehydes is 1. The Hall–Kier alpha value is -3.28. The van der Waals surface area contributed by atoms with Gasteiger partial charge < -0.3 is 9.80 Å². The molecule has 5 rings (SSSR count). The molecule has 0 amide bonds. The lowest BCUT2D eigenvalue weighted by Crippen LogP contribution is -2.50. The second-order valence-electron chi connectivity index (χ2n) is 8.94. The monoisotopic (exact) mass is 427 g/mol. The first kappa shape index (κ1) is 20.6. The fraction of sp³-hybridized carbons (Fsp3) is 0.385. The Bertz CT molecular complexity index is 1160. The number of piperazine rings is 1. The lowest BCUT2D eigenvalue weighted by atomic mass is 9.92. The van der Waals surface area contributed by atoms with E-state index in [4.69, 9.17) is 10.2 Å². The number of nitrogens with zero attached hydrogens (tertiary/aromatic N) is 5. The molecule has 3 aliphatic rings.